The fourth-order valence-corrected chi connectivity index (χ4v) is 3.41. The maximum Gasteiger partial charge on any atom is 0.257 e. The number of nitrogens with one attached hydrogen (secondary N) is 1. The molecule has 116 valence electrons. The molecule has 1 amide bonds. The third-order valence-corrected chi connectivity index (χ3v) is 4.76. The van der Waals surface area contributed by atoms with E-state index in [0.29, 0.717) is 6.54 Å². The van der Waals surface area contributed by atoms with Crippen molar-refractivity contribution in [1.29, 1.82) is 0 Å². The highest BCUT2D eigenvalue weighted by Crippen LogP contribution is 2.27. The van der Waals surface area contributed by atoms with Crippen molar-refractivity contribution in [2.24, 2.45) is 0 Å². The first-order chi connectivity index (χ1) is 10.8. The summed E-state index contributed by atoms with van der Waals surface area (Å²) in [5.74, 6) is 0.746. The maximum absolute atomic E-state index is 11.9. The average molecular weight is 316 g/mol. The van der Waals surface area contributed by atoms with E-state index < -0.39 is 0 Å². The Balaban J connectivity index is 1.47. The summed E-state index contributed by atoms with van der Waals surface area (Å²) in [6.45, 7) is 0.720. The lowest BCUT2D eigenvalue weighted by atomic mass is 9.95. The first kappa shape index (κ1) is 15.0. The molecule has 3 rings (SSSR count). The number of aromatic nitrogens is 1. The predicted molar refractivity (Wildman–Crippen MR) is 87.4 cm³/mol. The van der Waals surface area contributed by atoms with Gasteiger partial charge in [-0.05, 0) is 49.6 Å². The van der Waals surface area contributed by atoms with E-state index in [0.717, 1.165) is 30.7 Å². The third-order valence-electron chi connectivity index (χ3n) is 3.82. The van der Waals surface area contributed by atoms with Crippen LogP contribution in [0.5, 0.6) is 5.75 Å². The van der Waals surface area contributed by atoms with Gasteiger partial charge in [0.25, 0.3) is 5.91 Å². The third kappa shape index (κ3) is 3.85. The quantitative estimate of drug-likeness (QED) is 0.891. The lowest BCUT2D eigenvalue weighted by Gasteiger charge is -2.18. The van der Waals surface area contributed by atoms with Crippen LogP contribution in [-0.2, 0) is 24.1 Å². The molecule has 0 unspecified atom stereocenters. The van der Waals surface area contributed by atoms with Crippen LogP contribution in [0, 0.1) is 0 Å². The fraction of sp³-hybridized carbons (Fsp3) is 0.412. The molecule has 0 spiro atoms. The molecule has 0 saturated carbocycles. The number of carbonyl (C=O) groups excluding carboxylic acids is 1. The normalized spacial score (nSPS) is 13.5. The van der Waals surface area contributed by atoms with E-state index >= 15 is 0 Å². The van der Waals surface area contributed by atoms with Gasteiger partial charge in [0, 0.05) is 28.9 Å². The zero-order chi connectivity index (χ0) is 15.2. The summed E-state index contributed by atoms with van der Waals surface area (Å²) in [5.41, 5.74) is 2.31. The molecule has 2 aromatic heterocycles. The van der Waals surface area contributed by atoms with Gasteiger partial charge in [-0.15, -0.1) is 11.3 Å². The molecular formula is C17H20N2O2S. The number of nitrogens with zero attached hydrogens (tertiary/aromatic N) is 1. The van der Waals surface area contributed by atoms with E-state index in [1.807, 2.05) is 17.5 Å². The number of thiophene rings is 1. The molecule has 1 aliphatic carbocycles. The summed E-state index contributed by atoms with van der Waals surface area (Å²) in [5, 5.41) is 4.95. The maximum atomic E-state index is 11.9. The highest BCUT2D eigenvalue weighted by atomic mass is 32.1. The van der Waals surface area contributed by atoms with Crippen molar-refractivity contribution in [2.45, 2.75) is 32.1 Å². The van der Waals surface area contributed by atoms with Gasteiger partial charge in [-0.2, -0.15) is 0 Å². The van der Waals surface area contributed by atoms with Gasteiger partial charge in [0.1, 0.15) is 5.75 Å². The lowest BCUT2D eigenvalue weighted by Crippen LogP contribution is -2.30. The van der Waals surface area contributed by atoms with Crippen LogP contribution >= 0.6 is 11.3 Å². The van der Waals surface area contributed by atoms with Gasteiger partial charge in [0.05, 0.1) is 0 Å². The Morgan fingerprint density at radius 3 is 3.09 bits per heavy atom. The summed E-state index contributed by atoms with van der Waals surface area (Å²) in [6, 6.07) is 5.97. The zero-order valence-electron chi connectivity index (χ0n) is 12.5. The van der Waals surface area contributed by atoms with Crippen LogP contribution in [-0.4, -0.2) is 24.0 Å². The second kappa shape index (κ2) is 7.40. The van der Waals surface area contributed by atoms with E-state index in [2.05, 4.69) is 16.4 Å². The molecule has 5 heteroatoms. The number of hydrogen-bond acceptors (Lipinski definition) is 4. The standard InChI is InChI=1S/C17H20N2O2S/c20-17(19-9-7-13-4-3-11-22-13)12-21-16-8-10-18-15-6-2-1-5-14(15)16/h3-4,8,10-11H,1-2,5-7,9,12H2,(H,19,20). The number of aryl methyl sites for hydroxylation is 1. The molecule has 2 aromatic rings. The molecule has 1 aliphatic rings. The smallest absolute Gasteiger partial charge is 0.257 e. The highest BCUT2D eigenvalue weighted by Gasteiger charge is 2.15. The van der Waals surface area contributed by atoms with Gasteiger partial charge < -0.3 is 10.1 Å². The van der Waals surface area contributed by atoms with Gasteiger partial charge in [-0.1, -0.05) is 6.07 Å². The number of rotatable bonds is 6. The molecule has 0 radical (unpaired) electrons. The second-order valence-corrected chi connectivity index (χ2v) is 6.44. The second-order valence-electron chi connectivity index (χ2n) is 5.41. The number of carbonyl (C=O) groups is 1. The Hall–Kier alpha value is -1.88. The first-order valence-corrected chi connectivity index (χ1v) is 8.59. The van der Waals surface area contributed by atoms with Crippen LogP contribution in [0.15, 0.2) is 29.8 Å². The monoisotopic (exact) mass is 316 g/mol. The summed E-state index contributed by atoms with van der Waals surface area (Å²) in [6.07, 6.45) is 7.01. The minimum atomic E-state index is -0.0714. The van der Waals surface area contributed by atoms with Gasteiger partial charge in [-0.3, -0.25) is 9.78 Å². The van der Waals surface area contributed by atoms with Crippen molar-refractivity contribution in [3.63, 3.8) is 0 Å². The molecule has 0 saturated heterocycles. The van der Waals surface area contributed by atoms with Crippen molar-refractivity contribution in [3.05, 3.63) is 45.9 Å². The molecule has 0 fully saturated rings. The molecule has 1 N–H and O–H groups in total. The number of amides is 1. The van der Waals surface area contributed by atoms with Gasteiger partial charge in [0.15, 0.2) is 6.61 Å². The Bertz CT molecular complexity index is 626. The van der Waals surface area contributed by atoms with E-state index in [9.17, 15) is 4.79 Å². The van der Waals surface area contributed by atoms with E-state index in [-0.39, 0.29) is 12.5 Å². The number of hydrogen-bond donors (Lipinski definition) is 1. The van der Waals surface area contributed by atoms with Crippen LogP contribution in [0.2, 0.25) is 0 Å². The Labute approximate surface area is 134 Å². The number of fused-ring (bicyclic) bond motifs is 1. The van der Waals surface area contributed by atoms with Gasteiger partial charge >= 0.3 is 0 Å². The predicted octanol–water partition coefficient (Wildman–Crippen LogP) is 2.76. The summed E-state index contributed by atoms with van der Waals surface area (Å²) >= 11 is 1.71. The van der Waals surface area contributed by atoms with Crippen LogP contribution in [0.4, 0.5) is 0 Å². The van der Waals surface area contributed by atoms with Crippen molar-refractivity contribution < 1.29 is 9.53 Å². The molecule has 4 nitrogen and oxygen atoms in total. The van der Waals surface area contributed by atoms with Crippen LogP contribution in [0.1, 0.15) is 29.0 Å². The lowest BCUT2D eigenvalue weighted by molar-refractivity contribution is -0.123. The topological polar surface area (TPSA) is 51.2 Å². The van der Waals surface area contributed by atoms with Crippen molar-refractivity contribution in [3.8, 4) is 5.75 Å². The van der Waals surface area contributed by atoms with Crippen LogP contribution < -0.4 is 10.1 Å². The molecule has 0 atom stereocenters. The van der Waals surface area contributed by atoms with E-state index in [1.165, 1.54) is 23.3 Å². The van der Waals surface area contributed by atoms with Crippen molar-refractivity contribution >= 4 is 17.2 Å². The van der Waals surface area contributed by atoms with Crippen LogP contribution in [0.25, 0.3) is 0 Å². The Morgan fingerprint density at radius 1 is 1.32 bits per heavy atom. The number of ether oxygens (including phenoxy) is 1. The molecule has 2 heterocycles. The number of pyridine rings is 1. The van der Waals surface area contributed by atoms with Crippen LogP contribution in [0.3, 0.4) is 0 Å². The van der Waals surface area contributed by atoms with Crippen molar-refractivity contribution in [1.82, 2.24) is 10.3 Å². The minimum absolute atomic E-state index is 0.0703. The van der Waals surface area contributed by atoms with Gasteiger partial charge in [-0.25, -0.2) is 0 Å². The molecule has 22 heavy (non-hydrogen) atoms. The molecular weight excluding hydrogens is 296 g/mol. The zero-order valence-corrected chi connectivity index (χ0v) is 13.3. The average Bonchev–Trinajstić information content (AvgIpc) is 3.06. The summed E-state index contributed by atoms with van der Waals surface area (Å²) in [4.78, 5) is 17.6. The van der Waals surface area contributed by atoms with E-state index in [1.54, 1.807) is 17.5 Å². The highest BCUT2D eigenvalue weighted by molar-refractivity contribution is 7.09. The van der Waals surface area contributed by atoms with E-state index in [4.69, 9.17) is 4.74 Å². The SMILES string of the molecule is O=C(COc1ccnc2c1CCCC2)NCCc1cccs1. The molecule has 0 aromatic carbocycles. The fourth-order valence-electron chi connectivity index (χ4n) is 2.70. The largest absolute Gasteiger partial charge is 0.483 e. The Kier molecular flexibility index (Phi) is 5.06. The molecule has 0 bridgehead atoms. The summed E-state index contributed by atoms with van der Waals surface area (Å²) < 4.78 is 5.70. The minimum Gasteiger partial charge on any atom is -0.483 e. The Morgan fingerprint density at radius 2 is 2.23 bits per heavy atom. The van der Waals surface area contributed by atoms with Crippen molar-refractivity contribution in [2.75, 3.05) is 13.2 Å². The summed E-state index contributed by atoms with van der Waals surface area (Å²) in [7, 11) is 0. The first-order valence-electron chi connectivity index (χ1n) is 7.71. The van der Waals surface area contributed by atoms with Gasteiger partial charge in [0.2, 0.25) is 0 Å². The molecule has 0 aliphatic heterocycles.